The van der Waals surface area contributed by atoms with Crippen LogP contribution >= 0.6 is 0 Å². The summed E-state index contributed by atoms with van der Waals surface area (Å²) in [7, 11) is -3.71. The molecule has 0 bridgehead atoms. The molecule has 1 saturated heterocycles. The van der Waals surface area contributed by atoms with Gasteiger partial charge < -0.3 is 9.32 Å². The smallest absolute Gasteiger partial charge is 0.243 e. The minimum absolute atomic E-state index is 0.0490. The number of amides is 1. The first kappa shape index (κ1) is 25.1. The number of carbonyl (C=O) groups excluding carboxylic acids is 1. The fraction of sp³-hybridized carbons (Fsp3) is 0.385. The first-order chi connectivity index (χ1) is 16.7. The molecule has 1 aliphatic heterocycles. The number of benzene rings is 2. The third-order valence-corrected chi connectivity index (χ3v) is 7.94. The van der Waals surface area contributed by atoms with Gasteiger partial charge in [-0.15, -0.1) is 0 Å². The molecule has 186 valence electrons. The molecular weight excluding hydrogens is 469 g/mol. The normalized spacial score (nSPS) is 15.0. The number of sulfonamides is 1. The molecule has 2 heterocycles. The molecule has 1 amide bonds. The van der Waals surface area contributed by atoms with Crippen LogP contribution in [0.5, 0.6) is 0 Å². The van der Waals surface area contributed by atoms with Crippen molar-refractivity contribution in [3.8, 4) is 11.3 Å². The van der Waals surface area contributed by atoms with Gasteiger partial charge in [0.1, 0.15) is 5.82 Å². The standard InChI is InChI=1S/C26H30FN3O4S/c1-19(2)17-20-3-5-21(6-4-20)24-18-28-25(34-24)11-12-26(31)29-13-15-30(16-14-29)35(32,33)23-9-7-22(27)8-10-23/h3-10,18-19H,11-17H2,1-2H3. The summed E-state index contributed by atoms with van der Waals surface area (Å²) in [5.74, 6) is 1.21. The first-order valence-corrected chi connectivity index (χ1v) is 13.2. The number of hydrogen-bond donors (Lipinski definition) is 0. The van der Waals surface area contributed by atoms with E-state index in [1.807, 2.05) is 12.1 Å². The Morgan fingerprint density at radius 1 is 1.03 bits per heavy atom. The maximum atomic E-state index is 13.1. The van der Waals surface area contributed by atoms with Crippen molar-refractivity contribution < 1.29 is 22.0 Å². The quantitative estimate of drug-likeness (QED) is 0.465. The summed E-state index contributed by atoms with van der Waals surface area (Å²) < 4.78 is 45.8. The van der Waals surface area contributed by atoms with E-state index in [1.54, 1.807) is 11.1 Å². The van der Waals surface area contributed by atoms with Crippen molar-refractivity contribution in [2.75, 3.05) is 26.2 Å². The zero-order valence-electron chi connectivity index (χ0n) is 20.0. The van der Waals surface area contributed by atoms with E-state index in [9.17, 15) is 17.6 Å². The van der Waals surface area contributed by atoms with Crippen LogP contribution in [0.1, 0.15) is 31.7 Å². The van der Waals surface area contributed by atoms with E-state index in [0.717, 1.165) is 24.1 Å². The summed E-state index contributed by atoms with van der Waals surface area (Å²) >= 11 is 0. The monoisotopic (exact) mass is 499 g/mol. The van der Waals surface area contributed by atoms with Crippen molar-refractivity contribution >= 4 is 15.9 Å². The molecule has 4 rings (SSSR count). The average molecular weight is 500 g/mol. The Hall–Kier alpha value is -3.04. The van der Waals surface area contributed by atoms with Gasteiger partial charge in [-0.2, -0.15) is 4.31 Å². The topological polar surface area (TPSA) is 83.7 Å². The molecule has 0 spiro atoms. The van der Waals surface area contributed by atoms with E-state index in [2.05, 4.69) is 31.0 Å². The average Bonchev–Trinajstić information content (AvgIpc) is 3.32. The van der Waals surface area contributed by atoms with E-state index in [0.29, 0.717) is 37.1 Å². The van der Waals surface area contributed by atoms with E-state index in [1.165, 1.54) is 22.0 Å². The van der Waals surface area contributed by atoms with Gasteiger partial charge in [0, 0.05) is 44.6 Å². The van der Waals surface area contributed by atoms with Crippen LogP contribution in [0.15, 0.2) is 64.0 Å². The SMILES string of the molecule is CC(C)Cc1ccc(-c2cnc(CCC(=O)N3CCN(S(=O)(=O)c4ccc(F)cc4)CC3)o2)cc1. The summed E-state index contributed by atoms with van der Waals surface area (Å²) in [5.41, 5.74) is 2.22. The fourth-order valence-corrected chi connectivity index (χ4v) is 5.56. The lowest BCUT2D eigenvalue weighted by Crippen LogP contribution is -2.50. The highest BCUT2D eigenvalue weighted by Crippen LogP contribution is 2.23. The second-order valence-corrected chi connectivity index (χ2v) is 11.1. The van der Waals surface area contributed by atoms with E-state index in [-0.39, 0.29) is 30.3 Å². The molecule has 2 aromatic carbocycles. The van der Waals surface area contributed by atoms with Gasteiger partial charge in [0.2, 0.25) is 15.9 Å². The molecule has 0 unspecified atom stereocenters. The minimum Gasteiger partial charge on any atom is -0.441 e. The van der Waals surface area contributed by atoms with Gasteiger partial charge in [-0.3, -0.25) is 4.79 Å². The maximum Gasteiger partial charge on any atom is 0.243 e. The van der Waals surface area contributed by atoms with Crippen molar-refractivity contribution in [3.05, 3.63) is 72.0 Å². The van der Waals surface area contributed by atoms with E-state index < -0.39 is 15.8 Å². The van der Waals surface area contributed by atoms with Crippen LogP contribution < -0.4 is 0 Å². The molecular formula is C26H30FN3O4S. The van der Waals surface area contributed by atoms with Crippen LogP contribution in [0.4, 0.5) is 4.39 Å². The predicted octanol–water partition coefficient (Wildman–Crippen LogP) is 4.14. The fourth-order valence-electron chi connectivity index (χ4n) is 4.14. The number of oxazole rings is 1. The summed E-state index contributed by atoms with van der Waals surface area (Å²) in [5, 5.41) is 0. The number of piperazine rings is 1. The van der Waals surface area contributed by atoms with Gasteiger partial charge in [0.25, 0.3) is 0 Å². The van der Waals surface area contributed by atoms with Gasteiger partial charge in [0.05, 0.1) is 11.1 Å². The van der Waals surface area contributed by atoms with Crippen molar-refractivity contribution in [2.45, 2.75) is 38.0 Å². The molecule has 1 aliphatic rings. The van der Waals surface area contributed by atoms with Crippen LogP contribution in [0.25, 0.3) is 11.3 Å². The molecule has 0 saturated carbocycles. The van der Waals surface area contributed by atoms with E-state index in [4.69, 9.17) is 4.42 Å². The van der Waals surface area contributed by atoms with Crippen LogP contribution in [0, 0.1) is 11.7 Å². The molecule has 3 aromatic rings. The Bertz CT molecular complexity index is 1250. The number of aromatic nitrogens is 1. The third-order valence-electron chi connectivity index (χ3n) is 6.03. The van der Waals surface area contributed by atoms with Crippen molar-refractivity contribution in [2.24, 2.45) is 5.92 Å². The van der Waals surface area contributed by atoms with Crippen LogP contribution in [-0.2, 0) is 27.7 Å². The Balaban J connectivity index is 1.28. The lowest BCUT2D eigenvalue weighted by atomic mass is 10.0. The highest BCUT2D eigenvalue weighted by atomic mass is 32.2. The van der Waals surface area contributed by atoms with Crippen molar-refractivity contribution in [3.63, 3.8) is 0 Å². The molecule has 1 aromatic heterocycles. The molecule has 0 N–H and O–H groups in total. The second kappa shape index (κ2) is 10.7. The van der Waals surface area contributed by atoms with Crippen LogP contribution in [-0.4, -0.2) is 54.7 Å². The number of halogens is 1. The zero-order chi connectivity index (χ0) is 25.0. The van der Waals surface area contributed by atoms with Gasteiger partial charge in [-0.05, 0) is 42.2 Å². The van der Waals surface area contributed by atoms with Gasteiger partial charge in [-0.25, -0.2) is 17.8 Å². The molecule has 7 nitrogen and oxygen atoms in total. The number of nitrogens with zero attached hydrogens (tertiary/aromatic N) is 3. The van der Waals surface area contributed by atoms with E-state index >= 15 is 0 Å². The number of aryl methyl sites for hydroxylation is 1. The predicted molar refractivity (Wildman–Crippen MR) is 131 cm³/mol. The number of carbonyl (C=O) groups is 1. The van der Waals surface area contributed by atoms with Gasteiger partial charge in [0.15, 0.2) is 11.7 Å². The summed E-state index contributed by atoms with van der Waals surface area (Å²) in [4.78, 5) is 18.7. The van der Waals surface area contributed by atoms with Gasteiger partial charge >= 0.3 is 0 Å². The van der Waals surface area contributed by atoms with Crippen molar-refractivity contribution in [1.82, 2.24) is 14.2 Å². The van der Waals surface area contributed by atoms with Crippen molar-refractivity contribution in [1.29, 1.82) is 0 Å². The Morgan fingerprint density at radius 2 is 1.69 bits per heavy atom. The largest absolute Gasteiger partial charge is 0.441 e. The zero-order valence-corrected chi connectivity index (χ0v) is 20.8. The minimum atomic E-state index is -3.71. The lowest BCUT2D eigenvalue weighted by Gasteiger charge is -2.34. The number of hydrogen-bond acceptors (Lipinski definition) is 5. The Labute approximate surface area is 205 Å². The summed E-state index contributed by atoms with van der Waals surface area (Å²) in [6.45, 7) is 5.38. The van der Waals surface area contributed by atoms with Crippen LogP contribution in [0.2, 0.25) is 0 Å². The third kappa shape index (κ3) is 6.15. The summed E-state index contributed by atoms with van der Waals surface area (Å²) in [6.07, 6.45) is 3.31. The summed E-state index contributed by atoms with van der Waals surface area (Å²) in [6, 6.07) is 13.0. The molecule has 0 radical (unpaired) electrons. The Morgan fingerprint density at radius 3 is 2.31 bits per heavy atom. The highest BCUT2D eigenvalue weighted by molar-refractivity contribution is 7.89. The van der Waals surface area contributed by atoms with Crippen LogP contribution in [0.3, 0.4) is 0 Å². The second-order valence-electron chi connectivity index (χ2n) is 9.15. The van der Waals surface area contributed by atoms with Gasteiger partial charge in [-0.1, -0.05) is 38.1 Å². The first-order valence-electron chi connectivity index (χ1n) is 11.8. The molecule has 9 heteroatoms. The molecule has 1 fully saturated rings. The lowest BCUT2D eigenvalue weighted by molar-refractivity contribution is -0.132. The molecule has 0 atom stereocenters. The Kier molecular flexibility index (Phi) is 7.66. The molecule has 35 heavy (non-hydrogen) atoms. The number of rotatable bonds is 8. The highest BCUT2D eigenvalue weighted by Gasteiger charge is 2.30. The maximum absolute atomic E-state index is 13.1. The molecule has 0 aliphatic carbocycles.